The minimum atomic E-state index is -3.22. The molecule has 0 saturated carbocycles. The Morgan fingerprint density at radius 1 is 1.28 bits per heavy atom. The van der Waals surface area contributed by atoms with Gasteiger partial charge in [-0.2, -0.15) is 11.8 Å². The Kier molecular flexibility index (Phi) is 9.99. The first-order chi connectivity index (χ1) is 13.5. The summed E-state index contributed by atoms with van der Waals surface area (Å²) < 4.78 is 32.6. The summed E-state index contributed by atoms with van der Waals surface area (Å²) in [5.41, 5.74) is 2.40. The third-order valence-electron chi connectivity index (χ3n) is 5.12. The summed E-state index contributed by atoms with van der Waals surface area (Å²) in [6, 6.07) is 8.25. The third-order valence-corrected chi connectivity index (χ3v) is 7.93. The highest BCUT2D eigenvalue weighted by Crippen LogP contribution is 2.25. The number of nitrogens with one attached hydrogen (secondary N) is 1. The SMILES string of the molecule is CN=C(NCCS(=O)(=O)N1CCSCC1)N1CCOC(c2ccccc2C)C1.I. The van der Waals surface area contributed by atoms with E-state index in [2.05, 4.69) is 34.3 Å². The van der Waals surface area contributed by atoms with Crippen LogP contribution < -0.4 is 5.32 Å². The van der Waals surface area contributed by atoms with E-state index in [1.54, 1.807) is 23.1 Å². The lowest BCUT2D eigenvalue weighted by molar-refractivity contribution is -0.00827. The molecule has 29 heavy (non-hydrogen) atoms. The Labute approximate surface area is 195 Å². The fourth-order valence-corrected chi connectivity index (χ4v) is 6.05. The molecule has 2 heterocycles. The fourth-order valence-electron chi connectivity index (χ4n) is 3.56. The van der Waals surface area contributed by atoms with Gasteiger partial charge in [0.25, 0.3) is 0 Å². The molecule has 2 fully saturated rings. The van der Waals surface area contributed by atoms with Gasteiger partial charge in [0.05, 0.1) is 18.9 Å². The Bertz CT molecular complexity index is 785. The monoisotopic (exact) mass is 554 g/mol. The van der Waals surface area contributed by atoms with Gasteiger partial charge in [-0.15, -0.1) is 24.0 Å². The van der Waals surface area contributed by atoms with E-state index in [0.717, 1.165) is 24.0 Å². The number of halogens is 1. The zero-order valence-electron chi connectivity index (χ0n) is 17.0. The summed E-state index contributed by atoms with van der Waals surface area (Å²) in [4.78, 5) is 6.50. The number of rotatable bonds is 5. The van der Waals surface area contributed by atoms with Gasteiger partial charge in [0.2, 0.25) is 10.0 Å². The van der Waals surface area contributed by atoms with Crippen LogP contribution in [0.2, 0.25) is 0 Å². The zero-order valence-corrected chi connectivity index (χ0v) is 21.0. The van der Waals surface area contributed by atoms with E-state index < -0.39 is 10.0 Å². The summed E-state index contributed by atoms with van der Waals surface area (Å²) >= 11 is 1.81. The summed E-state index contributed by atoms with van der Waals surface area (Å²) in [6.45, 7) is 5.72. The summed E-state index contributed by atoms with van der Waals surface area (Å²) in [6.07, 6.45) is -0.0110. The Hall–Kier alpha value is -0.560. The van der Waals surface area contributed by atoms with Gasteiger partial charge >= 0.3 is 0 Å². The van der Waals surface area contributed by atoms with Crippen molar-refractivity contribution in [1.29, 1.82) is 0 Å². The maximum absolute atomic E-state index is 12.5. The first-order valence-corrected chi connectivity index (χ1v) is 12.5. The molecular weight excluding hydrogens is 523 g/mol. The lowest BCUT2D eigenvalue weighted by Crippen LogP contribution is -2.49. The molecule has 2 saturated heterocycles. The van der Waals surface area contributed by atoms with E-state index in [9.17, 15) is 8.42 Å². The van der Waals surface area contributed by atoms with Crippen LogP contribution in [-0.4, -0.2) is 87.2 Å². The van der Waals surface area contributed by atoms with Crippen LogP contribution in [0.25, 0.3) is 0 Å². The maximum atomic E-state index is 12.5. The zero-order chi connectivity index (χ0) is 20.0. The molecule has 1 atom stereocenters. The van der Waals surface area contributed by atoms with Crippen molar-refractivity contribution in [3.8, 4) is 0 Å². The van der Waals surface area contributed by atoms with E-state index in [4.69, 9.17) is 4.74 Å². The highest BCUT2D eigenvalue weighted by molar-refractivity contribution is 14.0. The molecule has 0 radical (unpaired) electrons. The number of nitrogens with zero attached hydrogens (tertiary/aromatic N) is 3. The molecule has 0 spiro atoms. The molecule has 1 N–H and O–H groups in total. The minimum Gasteiger partial charge on any atom is -0.370 e. The van der Waals surface area contributed by atoms with Gasteiger partial charge in [0.1, 0.15) is 6.10 Å². The molecule has 0 aliphatic carbocycles. The average molecular weight is 555 g/mol. The standard InChI is InChI=1S/C19H30N4O3S2.HI/c1-16-5-3-4-6-17(16)18-15-22(8-11-26-18)19(20-2)21-7-14-28(24,25)23-9-12-27-13-10-23;/h3-6,18H,7-15H2,1-2H3,(H,20,21);1H. The number of guanidine groups is 1. The van der Waals surface area contributed by atoms with Gasteiger partial charge < -0.3 is 15.0 Å². The Balaban J connectivity index is 0.00000300. The van der Waals surface area contributed by atoms with Crippen LogP contribution in [0.5, 0.6) is 0 Å². The fraction of sp³-hybridized carbons (Fsp3) is 0.632. The molecule has 2 aliphatic rings. The van der Waals surface area contributed by atoms with Crippen LogP contribution in [0, 0.1) is 6.92 Å². The molecular formula is C19H31IN4O3S2. The molecule has 1 aromatic rings. The number of benzene rings is 1. The van der Waals surface area contributed by atoms with Gasteiger partial charge in [-0.3, -0.25) is 4.99 Å². The molecule has 164 valence electrons. The van der Waals surface area contributed by atoms with Gasteiger partial charge in [-0.25, -0.2) is 12.7 Å². The predicted octanol–water partition coefficient (Wildman–Crippen LogP) is 1.94. The van der Waals surface area contributed by atoms with E-state index in [1.165, 1.54) is 11.1 Å². The molecule has 10 heteroatoms. The summed E-state index contributed by atoms with van der Waals surface area (Å²) in [5, 5.41) is 3.23. The second-order valence-electron chi connectivity index (χ2n) is 6.96. The van der Waals surface area contributed by atoms with Crippen LogP contribution in [-0.2, 0) is 14.8 Å². The van der Waals surface area contributed by atoms with E-state index in [-0.39, 0.29) is 35.8 Å². The molecule has 0 aromatic heterocycles. The van der Waals surface area contributed by atoms with Crippen molar-refractivity contribution >= 4 is 51.7 Å². The quantitative estimate of drug-likeness (QED) is 0.341. The number of morpholine rings is 1. The number of hydrogen-bond acceptors (Lipinski definition) is 5. The van der Waals surface area contributed by atoms with Crippen LogP contribution in [0.1, 0.15) is 17.2 Å². The van der Waals surface area contributed by atoms with E-state index in [1.807, 2.05) is 12.1 Å². The smallest absolute Gasteiger partial charge is 0.215 e. The molecule has 1 unspecified atom stereocenters. The Morgan fingerprint density at radius 3 is 2.69 bits per heavy atom. The second-order valence-corrected chi connectivity index (χ2v) is 10.3. The van der Waals surface area contributed by atoms with E-state index in [0.29, 0.717) is 32.8 Å². The van der Waals surface area contributed by atoms with Crippen LogP contribution in [0.4, 0.5) is 0 Å². The number of aryl methyl sites for hydroxylation is 1. The topological polar surface area (TPSA) is 74.2 Å². The second kappa shape index (κ2) is 11.7. The van der Waals surface area contributed by atoms with Crippen molar-refractivity contribution in [1.82, 2.24) is 14.5 Å². The summed E-state index contributed by atoms with van der Waals surface area (Å²) in [5.74, 6) is 2.57. The van der Waals surface area contributed by atoms with Crippen LogP contribution in [0.15, 0.2) is 29.3 Å². The first kappa shape index (κ1) is 24.7. The lowest BCUT2D eigenvalue weighted by atomic mass is 10.0. The minimum absolute atomic E-state index is 0. The van der Waals surface area contributed by atoms with Gasteiger partial charge in [0, 0.05) is 44.7 Å². The van der Waals surface area contributed by atoms with Crippen LogP contribution >= 0.6 is 35.7 Å². The highest BCUT2D eigenvalue weighted by Gasteiger charge is 2.26. The van der Waals surface area contributed by atoms with Crippen molar-refractivity contribution in [2.75, 3.05) is 63.6 Å². The van der Waals surface area contributed by atoms with Gasteiger partial charge in [-0.1, -0.05) is 24.3 Å². The molecule has 2 aliphatic heterocycles. The molecule has 0 bridgehead atoms. The summed E-state index contributed by atoms with van der Waals surface area (Å²) in [7, 11) is -1.48. The van der Waals surface area contributed by atoms with Gasteiger partial charge in [-0.05, 0) is 18.1 Å². The number of ether oxygens (including phenoxy) is 1. The largest absolute Gasteiger partial charge is 0.370 e. The van der Waals surface area contributed by atoms with Crippen molar-refractivity contribution < 1.29 is 13.2 Å². The normalized spacial score (nSPS) is 21.5. The molecule has 7 nitrogen and oxygen atoms in total. The lowest BCUT2D eigenvalue weighted by Gasteiger charge is -2.36. The number of thioether (sulfide) groups is 1. The van der Waals surface area contributed by atoms with E-state index >= 15 is 0 Å². The number of sulfonamides is 1. The first-order valence-electron chi connectivity index (χ1n) is 9.69. The number of aliphatic imine (C=N–C) groups is 1. The maximum Gasteiger partial charge on any atom is 0.215 e. The van der Waals surface area contributed by atoms with Crippen molar-refractivity contribution in [3.63, 3.8) is 0 Å². The predicted molar refractivity (Wildman–Crippen MR) is 131 cm³/mol. The molecule has 1 aromatic carbocycles. The Morgan fingerprint density at radius 2 is 2.00 bits per heavy atom. The van der Waals surface area contributed by atoms with Gasteiger partial charge in [0.15, 0.2) is 5.96 Å². The average Bonchev–Trinajstić information content (AvgIpc) is 2.72. The highest BCUT2D eigenvalue weighted by atomic mass is 127. The third kappa shape index (κ3) is 6.71. The van der Waals surface area contributed by atoms with Crippen molar-refractivity contribution in [2.24, 2.45) is 4.99 Å². The van der Waals surface area contributed by atoms with Crippen molar-refractivity contribution in [3.05, 3.63) is 35.4 Å². The van der Waals surface area contributed by atoms with Crippen molar-refractivity contribution in [2.45, 2.75) is 13.0 Å². The number of hydrogen-bond donors (Lipinski definition) is 1. The molecule has 0 amide bonds. The van der Waals surface area contributed by atoms with Crippen LogP contribution in [0.3, 0.4) is 0 Å². The molecule has 3 rings (SSSR count).